The Hall–Kier alpha value is -1.06. The van der Waals surface area contributed by atoms with Gasteiger partial charge >= 0.3 is 0 Å². The van der Waals surface area contributed by atoms with Crippen LogP contribution in [0.2, 0.25) is 10.0 Å². The van der Waals surface area contributed by atoms with E-state index in [0.29, 0.717) is 16.5 Å². The van der Waals surface area contributed by atoms with Crippen LogP contribution in [0.1, 0.15) is 12.0 Å². The fourth-order valence-electron chi connectivity index (χ4n) is 2.00. The van der Waals surface area contributed by atoms with Gasteiger partial charge in [-0.15, -0.1) is 0 Å². The highest BCUT2D eigenvalue weighted by molar-refractivity contribution is 6.34. The van der Waals surface area contributed by atoms with Gasteiger partial charge in [0, 0.05) is 23.5 Å². The number of carbonyl (C=O) groups excluding carboxylic acids is 2. The summed E-state index contributed by atoms with van der Waals surface area (Å²) in [7, 11) is 1.51. The quantitative estimate of drug-likeness (QED) is 0.776. The number of carbonyl (C=O) groups is 2. The SMILES string of the molecule is CN1C(=O)CC(Cc2cc(Cl)cc(Cl)c2)C1=O. The Labute approximate surface area is 109 Å². The molecular formula is C12H11Cl2NO2. The second kappa shape index (κ2) is 4.67. The molecule has 0 N–H and O–H groups in total. The van der Waals surface area contributed by atoms with Crippen LogP contribution in [0.3, 0.4) is 0 Å². The van der Waals surface area contributed by atoms with Crippen molar-refractivity contribution in [3.63, 3.8) is 0 Å². The van der Waals surface area contributed by atoms with Crippen LogP contribution in [0.5, 0.6) is 0 Å². The highest BCUT2D eigenvalue weighted by Gasteiger charge is 2.35. The summed E-state index contributed by atoms with van der Waals surface area (Å²) in [6.07, 6.45) is 0.759. The molecule has 2 amide bonds. The molecule has 0 saturated carbocycles. The minimum absolute atomic E-state index is 0.131. The maximum Gasteiger partial charge on any atom is 0.232 e. The van der Waals surface area contributed by atoms with Gasteiger partial charge in [0.05, 0.1) is 5.92 Å². The van der Waals surface area contributed by atoms with Crippen molar-refractivity contribution in [1.29, 1.82) is 0 Å². The molecule has 90 valence electrons. The molecule has 1 heterocycles. The molecule has 1 fully saturated rings. The lowest BCUT2D eigenvalue weighted by Gasteiger charge is -2.09. The third kappa shape index (κ3) is 2.61. The van der Waals surface area contributed by atoms with Crippen LogP contribution in [0.15, 0.2) is 18.2 Å². The highest BCUT2D eigenvalue weighted by atomic mass is 35.5. The molecule has 0 aromatic heterocycles. The third-order valence-electron chi connectivity index (χ3n) is 2.88. The fourth-order valence-corrected chi connectivity index (χ4v) is 2.58. The van der Waals surface area contributed by atoms with E-state index in [1.54, 1.807) is 18.2 Å². The number of imide groups is 1. The van der Waals surface area contributed by atoms with Gasteiger partial charge in [-0.05, 0) is 30.2 Å². The Morgan fingerprint density at radius 3 is 2.29 bits per heavy atom. The number of amides is 2. The van der Waals surface area contributed by atoms with Crippen LogP contribution in [-0.4, -0.2) is 23.8 Å². The van der Waals surface area contributed by atoms with Gasteiger partial charge in [-0.25, -0.2) is 0 Å². The van der Waals surface area contributed by atoms with Crippen LogP contribution < -0.4 is 0 Å². The fraction of sp³-hybridized carbons (Fsp3) is 0.333. The number of hydrogen-bond donors (Lipinski definition) is 0. The van der Waals surface area contributed by atoms with E-state index < -0.39 is 0 Å². The van der Waals surface area contributed by atoms with Gasteiger partial charge in [-0.3, -0.25) is 14.5 Å². The van der Waals surface area contributed by atoms with Gasteiger partial charge < -0.3 is 0 Å². The molecule has 0 spiro atoms. The van der Waals surface area contributed by atoms with Crippen LogP contribution in [-0.2, 0) is 16.0 Å². The summed E-state index contributed by atoms with van der Waals surface area (Å²) in [6, 6.07) is 5.17. The zero-order chi connectivity index (χ0) is 12.6. The minimum Gasteiger partial charge on any atom is -0.285 e. The smallest absolute Gasteiger partial charge is 0.232 e. The molecule has 5 heteroatoms. The maximum atomic E-state index is 11.7. The van der Waals surface area contributed by atoms with Gasteiger partial charge in [-0.2, -0.15) is 0 Å². The van der Waals surface area contributed by atoms with Crippen molar-refractivity contribution in [2.24, 2.45) is 5.92 Å². The number of nitrogens with zero attached hydrogens (tertiary/aromatic N) is 1. The van der Waals surface area contributed by atoms with Crippen molar-refractivity contribution in [2.45, 2.75) is 12.8 Å². The van der Waals surface area contributed by atoms with E-state index in [-0.39, 0.29) is 24.2 Å². The Morgan fingerprint density at radius 1 is 1.24 bits per heavy atom. The second-order valence-corrected chi connectivity index (χ2v) is 5.05. The van der Waals surface area contributed by atoms with Gasteiger partial charge in [0.2, 0.25) is 11.8 Å². The van der Waals surface area contributed by atoms with Crippen molar-refractivity contribution in [1.82, 2.24) is 4.90 Å². The third-order valence-corrected chi connectivity index (χ3v) is 3.32. The molecule has 1 aliphatic rings. The summed E-state index contributed by atoms with van der Waals surface area (Å²) >= 11 is 11.8. The van der Waals surface area contributed by atoms with Crippen LogP contribution in [0.25, 0.3) is 0 Å². The summed E-state index contributed by atoms with van der Waals surface area (Å²) in [5.41, 5.74) is 0.879. The number of likely N-dealkylation sites (tertiary alicyclic amines) is 1. The normalized spacial score (nSPS) is 20.2. The Balaban J connectivity index is 2.16. The first-order valence-corrected chi connectivity index (χ1v) is 5.98. The molecule has 1 aliphatic heterocycles. The Kier molecular flexibility index (Phi) is 3.40. The summed E-state index contributed by atoms with van der Waals surface area (Å²) in [5.74, 6) is -0.554. The lowest BCUT2D eigenvalue weighted by molar-refractivity contribution is -0.137. The van der Waals surface area contributed by atoms with Gasteiger partial charge in [0.25, 0.3) is 0 Å². The second-order valence-electron chi connectivity index (χ2n) is 4.17. The zero-order valence-corrected chi connectivity index (χ0v) is 10.8. The summed E-state index contributed by atoms with van der Waals surface area (Å²) in [5, 5.41) is 1.08. The molecule has 1 saturated heterocycles. The number of benzene rings is 1. The average Bonchev–Trinajstić information content (AvgIpc) is 2.45. The Morgan fingerprint density at radius 2 is 1.82 bits per heavy atom. The Bertz CT molecular complexity index is 467. The molecule has 0 bridgehead atoms. The van der Waals surface area contributed by atoms with E-state index >= 15 is 0 Å². The highest BCUT2D eigenvalue weighted by Crippen LogP contribution is 2.25. The number of rotatable bonds is 2. The van der Waals surface area contributed by atoms with Gasteiger partial charge in [0.1, 0.15) is 0 Å². The molecule has 1 atom stereocenters. The molecule has 3 nitrogen and oxygen atoms in total. The van der Waals surface area contributed by atoms with E-state index in [0.717, 1.165) is 5.56 Å². The molecule has 1 unspecified atom stereocenters. The lowest BCUT2D eigenvalue weighted by Crippen LogP contribution is -2.26. The van der Waals surface area contributed by atoms with E-state index in [2.05, 4.69) is 0 Å². The first-order chi connectivity index (χ1) is 7.97. The number of hydrogen-bond acceptors (Lipinski definition) is 2. The first kappa shape index (κ1) is 12.4. The molecule has 1 aromatic rings. The first-order valence-electron chi connectivity index (χ1n) is 5.22. The largest absolute Gasteiger partial charge is 0.285 e. The molecule has 2 rings (SSSR count). The van der Waals surface area contributed by atoms with Crippen LogP contribution >= 0.6 is 23.2 Å². The molecule has 0 radical (unpaired) electrons. The molecular weight excluding hydrogens is 261 g/mol. The monoisotopic (exact) mass is 271 g/mol. The van der Waals surface area contributed by atoms with E-state index in [1.165, 1.54) is 11.9 Å². The standard InChI is InChI=1S/C12H11Cl2NO2/c1-15-11(16)5-8(12(15)17)2-7-3-9(13)6-10(14)4-7/h3-4,6,8H,2,5H2,1H3. The molecule has 0 aliphatic carbocycles. The molecule has 1 aromatic carbocycles. The van der Waals surface area contributed by atoms with Crippen molar-refractivity contribution in [3.8, 4) is 0 Å². The molecule has 17 heavy (non-hydrogen) atoms. The van der Waals surface area contributed by atoms with Crippen molar-refractivity contribution < 1.29 is 9.59 Å². The van der Waals surface area contributed by atoms with Crippen molar-refractivity contribution in [3.05, 3.63) is 33.8 Å². The average molecular weight is 272 g/mol. The van der Waals surface area contributed by atoms with E-state index in [9.17, 15) is 9.59 Å². The summed E-state index contributed by atoms with van der Waals surface area (Å²) in [6.45, 7) is 0. The van der Waals surface area contributed by atoms with Gasteiger partial charge in [0.15, 0.2) is 0 Å². The van der Waals surface area contributed by atoms with E-state index in [4.69, 9.17) is 23.2 Å². The van der Waals surface area contributed by atoms with Crippen LogP contribution in [0.4, 0.5) is 0 Å². The summed E-state index contributed by atoms with van der Waals surface area (Å²) < 4.78 is 0. The predicted octanol–water partition coefficient (Wildman–Crippen LogP) is 2.54. The van der Waals surface area contributed by atoms with Crippen molar-refractivity contribution >= 4 is 35.0 Å². The summed E-state index contributed by atoms with van der Waals surface area (Å²) in [4.78, 5) is 24.3. The topological polar surface area (TPSA) is 37.4 Å². The lowest BCUT2D eigenvalue weighted by atomic mass is 9.98. The number of halogens is 2. The predicted molar refractivity (Wildman–Crippen MR) is 66.1 cm³/mol. The van der Waals surface area contributed by atoms with E-state index in [1.807, 2.05) is 0 Å². The minimum atomic E-state index is -0.290. The maximum absolute atomic E-state index is 11.7. The zero-order valence-electron chi connectivity index (χ0n) is 9.24. The van der Waals surface area contributed by atoms with Crippen LogP contribution in [0, 0.1) is 5.92 Å². The van der Waals surface area contributed by atoms with Crippen molar-refractivity contribution in [2.75, 3.05) is 7.05 Å². The van der Waals surface area contributed by atoms with Gasteiger partial charge in [-0.1, -0.05) is 23.2 Å².